The zero-order valence-electron chi connectivity index (χ0n) is 11.1. The molecule has 19 heavy (non-hydrogen) atoms. The van der Waals surface area contributed by atoms with Gasteiger partial charge in [0.05, 0.1) is 5.52 Å². The molecule has 2 heterocycles. The molecule has 2 aromatic rings. The molecule has 0 aliphatic rings. The molecule has 0 radical (unpaired) electrons. The Kier molecular flexibility index (Phi) is 4.06. The summed E-state index contributed by atoms with van der Waals surface area (Å²) < 4.78 is 0. The van der Waals surface area contributed by atoms with Gasteiger partial charge < -0.3 is 10.3 Å². The van der Waals surface area contributed by atoms with Crippen molar-refractivity contribution in [3.63, 3.8) is 0 Å². The number of imidazole rings is 1. The van der Waals surface area contributed by atoms with E-state index >= 15 is 0 Å². The smallest absolute Gasteiger partial charge is 0.187 e. The van der Waals surface area contributed by atoms with Crippen LogP contribution in [0.25, 0.3) is 11.2 Å². The van der Waals surface area contributed by atoms with Gasteiger partial charge in [-0.2, -0.15) is 5.10 Å². The van der Waals surface area contributed by atoms with Gasteiger partial charge in [-0.25, -0.2) is 9.97 Å². The predicted octanol–water partition coefficient (Wildman–Crippen LogP) is 1.55. The Morgan fingerprint density at radius 1 is 1.47 bits per heavy atom. The number of hydrazone groups is 1. The number of nitrogens with one attached hydrogen (secondary N) is 3. The van der Waals surface area contributed by atoms with Crippen molar-refractivity contribution in [3.05, 3.63) is 24.2 Å². The zero-order valence-corrected chi connectivity index (χ0v) is 11.9. The fourth-order valence-electron chi connectivity index (χ4n) is 1.50. The van der Waals surface area contributed by atoms with Crippen molar-refractivity contribution in [2.75, 3.05) is 0 Å². The van der Waals surface area contributed by atoms with Crippen LogP contribution in [0.5, 0.6) is 0 Å². The first-order valence-corrected chi connectivity index (χ1v) is 6.39. The molecule has 0 unspecified atom stereocenters. The van der Waals surface area contributed by atoms with E-state index in [2.05, 4.69) is 30.8 Å². The molecule has 0 amide bonds. The van der Waals surface area contributed by atoms with E-state index in [0.29, 0.717) is 22.3 Å². The number of rotatable bonds is 3. The van der Waals surface area contributed by atoms with Crippen molar-refractivity contribution in [1.82, 2.24) is 25.7 Å². The van der Waals surface area contributed by atoms with Crippen molar-refractivity contribution in [2.24, 2.45) is 5.10 Å². The number of hydrogen-bond donors (Lipinski definition) is 3. The van der Waals surface area contributed by atoms with Crippen molar-refractivity contribution in [1.29, 1.82) is 0 Å². The van der Waals surface area contributed by atoms with Crippen LogP contribution < -0.4 is 10.7 Å². The highest BCUT2D eigenvalue weighted by Gasteiger charge is 2.06. The summed E-state index contributed by atoms with van der Waals surface area (Å²) in [6.07, 6.45) is 1.71. The molecule has 3 N–H and O–H groups in total. The topological polar surface area (TPSA) is 78.0 Å². The third-order valence-corrected chi connectivity index (χ3v) is 2.55. The highest BCUT2D eigenvalue weighted by atomic mass is 32.1. The van der Waals surface area contributed by atoms with E-state index in [0.717, 1.165) is 5.52 Å². The first-order chi connectivity index (χ1) is 9.06. The van der Waals surface area contributed by atoms with Gasteiger partial charge in [0.25, 0.3) is 0 Å². The van der Waals surface area contributed by atoms with Gasteiger partial charge in [0.1, 0.15) is 5.71 Å². The van der Waals surface area contributed by atoms with Crippen LogP contribution >= 0.6 is 12.2 Å². The quantitative estimate of drug-likeness (QED) is 0.450. The maximum atomic E-state index is 5.09. The molecule has 0 saturated carbocycles. The summed E-state index contributed by atoms with van der Waals surface area (Å²) in [5, 5.41) is 7.72. The number of hydrogen-bond acceptors (Lipinski definition) is 4. The van der Waals surface area contributed by atoms with Gasteiger partial charge >= 0.3 is 0 Å². The molecule has 0 aromatic carbocycles. The molecule has 0 atom stereocenters. The number of fused-ring (bicyclic) bond motifs is 1. The van der Waals surface area contributed by atoms with Gasteiger partial charge in [-0.15, -0.1) is 0 Å². The fraction of sp³-hybridized carbons (Fsp3) is 0.333. The molecule has 0 aliphatic carbocycles. The summed E-state index contributed by atoms with van der Waals surface area (Å²) in [4.78, 5) is 11.7. The highest BCUT2D eigenvalue weighted by molar-refractivity contribution is 7.80. The van der Waals surface area contributed by atoms with Gasteiger partial charge in [0.2, 0.25) is 0 Å². The van der Waals surface area contributed by atoms with Crippen molar-refractivity contribution >= 4 is 34.2 Å². The second kappa shape index (κ2) is 5.75. The standard InChI is InChI=1S/C12H16N6S/c1-7(2)14-12(19)18-17-8(3)10-15-9-5-4-6-13-11(9)16-10/h4-7H,1-3H3,(H,13,15,16)(H2,14,18,19)/b17-8+. The Bertz CT molecular complexity index is 582. The largest absolute Gasteiger partial charge is 0.359 e. The van der Waals surface area contributed by atoms with Crippen LogP contribution in [0, 0.1) is 0 Å². The van der Waals surface area contributed by atoms with Crippen LogP contribution in [0.15, 0.2) is 23.4 Å². The van der Waals surface area contributed by atoms with E-state index in [1.54, 1.807) is 6.20 Å². The molecule has 7 heteroatoms. The maximum absolute atomic E-state index is 5.09. The van der Waals surface area contributed by atoms with E-state index < -0.39 is 0 Å². The molecule has 0 fully saturated rings. The van der Waals surface area contributed by atoms with E-state index in [1.807, 2.05) is 32.9 Å². The molecular formula is C12H16N6S. The van der Waals surface area contributed by atoms with Crippen molar-refractivity contribution in [2.45, 2.75) is 26.8 Å². The number of aromatic amines is 1. The van der Waals surface area contributed by atoms with E-state index in [4.69, 9.17) is 12.2 Å². The van der Waals surface area contributed by atoms with E-state index in [9.17, 15) is 0 Å². The average molecular weight is 276 g/mol. The summed E-state index contributed by atoms with van der Waals surface area (Å²) in [6.45, 7) is 5.87. The van der Waals surface area contributed by atoms with Crippen molar-refractivity contribution in [3.8, 4) is 0 Å². The molecule has 0 aliphatic heterocycles. The summed E-state index contributed by atoms with van der Waals surface area (Å²) in [6, 6.07) is 4.05. The van der Waals surface area contributed by atoms with Crippen molar-refractivity contribution < 1.29 is 0 Å². The molecule has 0 spiro atoms. The van der Waals surface area contributed by atoms with Gasteiger partial charge in [0.15, 0.2) is 16.6 Å². The van der Waals surface area contributed by atoms with Crippen LogP contribution in [0.4, 0.5) is 0 Å². The minimum absolute atomic E-state index is 0.269. The number of pyridine rings is 1. The lowest BCUT2D eigenvalue weighted by Gasteiger charge is -2.09. The lowest BCUT2D eigenvalue weighted by molar-refractivity contribution is 0.719. The molecule has 0 bridgehead atoms. The number of aromatic nitrogens is 3. The minimum atomic E-state index is 0.269. The SMILES string of the molecule is C/C(=N\NC(=S)NC(C)C)c1nc2ncccc2[nH]1. The van der Waals surface area contributed by atoms with E-state index in [-0.39, 0.29) is 6.04 Å². The Labute approximate surface area is 116 Å². The summed E-state index contributed by atoms with van der Waals surface area (Å²) in [5.41, 5.74) is 5.06. The summed E-state index contributed by atoms with van der Waals surface area (Å²) >= 11 is 5.09. The molecule has 100 valence electrons. The number of H-pyrrole nitrogens is 1. The zero-order chi connectivity index (χ0) is 13.8. The van der Waals surface area contributed by atoms with Gasteiger partial charge in [0, 0.05) is 12.2 Å². The summed E-state index contributed by atoms with van der Waals surface area (Å²) in [5.74, 6) is 0.675. The van der Waals surface area contributed by atoms with Crippen LogP contribution in [0.2, 0.25) is 0 Å². The number of nitrogens with zero attached hydrogens (tertiary/aromatic N) is 3. The lowest BCUT2D eigenvalue weighted by Crippen LogP contribution is -2.37. The highest BCUT2D eigenvalue weighted by Crippen LogP contribution is 2.07. The fourth-order valence-corrected chi connectivity index (χ4v) is 1.78. The average Bonchev–Trinajstić information content (AvgIpc) is 2.78. The van der Waals surface area contributed by atoms with E-state index in [1.165, 1.54) is 0 Å². The summed E-state index contributed by atoms with van der Waals surface area (Å²) in [7, 11) is 0. The first-order valence-electron chi connectivity index (χ1n) is 5.98. The monoisotopic (exact) mass is 276 g/mol. The molecule has 2 aromatic heterocycles. The molecule has 6 nitrogen and oxygen atoms in total. The third kappa shape index (κ3) is 3.47. The lowest BCUT2D eigenvalue weighted by atomic mass is 10.4. The first kappa shape index (κ1) is 13.4. The van der Waals surface area contributed by atoms with Crippen LogP contribution in [0.1, 0.15) is 26.6 Å². The Balaban J connectivity index is 2.10. The maximum Gasteiger partial charge on any atom is 0.187 e. The van der Waals surface area contributed by atoms with Gasteiger partial charge in [-0.05, 0) is 45.1 Å². The molecular weight excluding hydrogens is 260 g/mol. The van der Waals surface area contributed by atoms with Crippen LogP contribution in [-0.4, -0.2) is 31.8 Å². The molecule has 0 saturated heterocycles. The van der Waals surface area contributed by atoms with Crippen LogP contribution in [0.3, 0.4) is 0 Å². The minimum Gasteiger partial charge on any atom is -0.359 e. The van der Waals surface area contributed by atoms with Gasteiger partial charge in [-0.3, -0.25) is 5.43 Å². The molecule has 2 rings (SSSR count). The van der Waals surface area contributed by atoms with Crippen LogP contribution in [-0.2, 0) is 0 Å². The number of thiocarbonyl (C=S) groups is 1. The Hall–Kier alpha value is -2.02. The third-order valence-electron chi connectivity index (χ3n) is 2.35. The second-order valence-electron chi connectivity index (χ2n) is 4.40. The Morgan fingerprint density at radius 3 is 2.95 bits per heavy atom. The van der Waals surface area contributed by atoms with Gasteiger partial charge in [-0.1, -0.05) is 0 Å². The predicted molar refractivity (Wildman–Crippen MR) is 80.1 cm³/mol. The normalized spacial score (nSPS) is 11.9. The second-order valence-corrected chi connectivity index (χ2v) is 4.81. The Morgan fingerprint density at radius 2 is 2.26 bits per heavy atom.